The average Bonchev–Trinajstić information content (AvgIpc) is 3.15. The van der Waals surface area contributed by atoms with Crippen LogP contribution in [-0.4, -0.2) is 31.0 Å². The molecular formula is C20H18FN3O4S. The molecule has 3 rings (SSSR count). The number of nitrogens with zero attached hydrogens (tertiary/aromatic N) is 1. The summed E-state index contributed by atoms with van der Waals surface area (Å²) in [5.41, 5.74) is 1.39. The van der Waals surface area contributed by atoms with Gasteiger partial charge in [-0.3, -0.25) is 14.9 Å². The van der Waals surface area contributed by atoms with Gasteiger partial charge in [-0.05, 0) is 42.5 Å². The molecule has 9 heteroatoms. The fourth-order valence-corrected chi connectivity index (χ4v) is 3.20. The lowest BCUT2D eigenvalue weighted by molar-refractivity contribution is -0.115. The predicted molar refractivity (Wildman–Crippen MR) is 108 cm³/mol. The molecule has 0 aliphatic heterocycles. The molecule has 1 heterocycles. The highest BCUT2D eigenvalue weighted by atomic mass is 32.1. The molecular weight excluding hydrogens is 397 g/mol. The minimum atomic E-state index is -0.377. The molecule has 2 N–H and O–H groups in total. The summed E-state index contributed by atoms with van der Waals surface area (Å²) in [6, 6.07) is 10.3. The number of halogens is 1. The number of ether oxygens (including phenoxy) is 2. The predicted octanol–water partition coefficient (Wildman–Crippen LogP) is 3.73. The van der Waals surface area contributed by atoms with E-state index in [4.69, 9.17) is 9.47 Å². The summed E-state index contributed by atoms with van der Waals surface area (Å²) in [7, 11) is 3.00. The molecule has 3 aromatic rings. The number of benzene rings is 2. The number of amides is 2. The van der Waals surface area contributed by atoms with Crippen LogP contribution in [0.5, 0.6) is 11.5 Å². The molecule has 1 aromatic heterocycles. The van der Waals surface area contributed by atoms with Gasteiger partial charge in [0.25, 0.3) is 5.91 Å². The van der Waals surface area contributed by atoms with Gasteiger partial charge < -0.3 is 14.8 Å². The van der Waals surface area contributed by atoms with E-state index in [9.17, 15) is 14.0 Å². The van der Waals surface area contributed by atoms with Crippen LogP contribution in [0.1, 0.15) is 16.1 Å². The van der Waals surface area contributed by atoms with Crippen LogP contribution < -0.4 is 20.1 Å². The van der Waals surface area contributed by atoms with Crippen LogP contribution in [0.15, 0.2) is 47.8 Å². The molecule has 29 heavy (non-hydrogen) atoms. The van der Waals surface area contributed by atoms with Crippen LogP contribution in [0.25, 0.3) is 0 Å². The Hall–Kier alpha value is -3.46. The third-order valence-corrected chi connectivity index (χ3v) is 4.69. The van der Waals surface area contributed by atoms with Crippen molar-refractivity contribution in [2.75, 3.05) is 24.9 Å². The second-order valence-corrected chi connectivity index (χ2v) is 6.76. The first kappa shape index (κ1) is 20.3. The highest BCUT2D eigenvalue weighted by Crippen LogP contribution is 2.28. The third-order valence-electron chi connectivity index (χ3n) is 3.89. The van der Waals surface area contributed by atoms with E-state index < -0.39 is 0 Å². The van der Waals surface area contributed by atoms with Crippen LogP contribution >= 0.6 is 11.3 Å². The lowest BCUT2D eigenvalue weighted by Gasteiger charge is -2.09. The summed E-state index contributed by atoms with van der Waals surface area (Å²) in [6.45, 7) is 0. The second-order valence-electron chi connectivity index (χ2n) is 5.90. The molecule has 0 aliphatic carbocycles. The minimum Gasteiger partial charge on any atom is -0.493 e. The lowest BCUT2D eigenvalue weighted by atomic mass is 10.2. The maximum atomic E-state index is 12.9. The molecule has 150 valence electrons. The highest BCUT2D eigenvalue weighted by molar-refractivity contribution is 7.14. The van der Waals surface area contributed by atoms with Crippen molar-refractivity contribution < 1.29 is 23.5 Å². The minimum absolute atomic E-state index is 0.0279. The van der Waals surface area contributed by atoms with Crippen LogP contribution in [0.3, 0.4) is 0 Å². The number of hydrogen-bond acceptors (Lipinski definition) is 6. The van der Waals surface area contributed by atoms with Crippen LogP contribution in [0.2, 0.25) is 0 Å². The van der Waals surface area contributed by atoms with E-state index in [0.717, 1.165) is 0 Å². The maximum Gasteiger partial charge on any atom is 0.257 e. The molecule has 0 atom stereocenters. The normalized spacial score (nSPS) is 10.3. The first-order valence-electron chi connectivity index (χ1n) is 8.51. The molecule has 0 saturated heterocycles. The maximum absolute atomic E-state index is 12.9. The second kappa shape index (κ2) is 9.16. The van der Waals surface area contributed by atoms with Crippen molar-refractivity contribution in [1.82, 2.24) is 4.98 Å². The van der Waals surface area contributed by atoms with Gasteiger partial charge in [0.2, 0.25) is 5.91 Å². The summed E-state index contributed by atoms with van der Waals surface area (Å²) in [5.74, 6) is -0.0650. The Morgan fingerprint density at radius 1 is 1.03 bits per heavy atom. The fourth-order valence-electron chi connectivity index (χ4n) is 2.50. The molecule has 0 fully saturated rings. The van der Waals surface area contributed by atoms with E-state index in [2.05, 4.69) is 15.6 Å². The summed E-state index contributed by atoms with van der Waals surface area (Å²) >= 11 is 1.21. The zero-order valence-electron chi connectivity index (χ0n) is 15.7. The Balaban J connectivity index is 1.60. The standard InChI is InChI=1S/C20H18FN3O4S/c1-27-16-8-3-12(9-17(16)28-2)19(26)24-20-23-15(11-29-20)10-18(25)22-14-6-4-13(21)5-7-14/h3-9,11H,10H2,1-2H3,(H,22,25)(H,23,24,26). The molecule has 2 amide bonds. The lowest BCUT2D eigenvalue weighted by Crippen LogP contribution is -2.15. The van der Waals surface area contributed by atoms with Crippen molar-refractivity contribution in [2.45, 2.75) is 6.42 Å². The smallest absolute Gasteiger partial charge is 0.257 e. The fraction of sp³-hybridized carbons (Fsp3) is 0.150. The quantitative estimate of drug-likeness (QED) is 0.614. The van der Waals surface area contributed by atoms with Crippen molar-refractivity contribution in [3.8, 4) is 11.5 Å². The topological polar surface area (TPSA) is 89.5 Å². The number of nitrogens with one attached hydrogen (secondary N) is 2. The van der Waals surface area contributed by atoms with Gasteiger partial charge in [0.1, 0.15) is 5.82 Å². The Morgan fingerprint density at radius 2 is 1.76 bits per heavy atom. The summed E-state index contributed by atoms with van der Waals surface area (Å²) in [5, 5.41) is 7.42. The molecule has 0 unspecified atom stereocenters. The van der Waals surface area contributed by atoms with Gasteiger partial charge >= 0.3 is 0 Å². The molecule has 7 nitrogen and oxygen atoms in total. The van der Waals surface area contributed by atoms with Crippen molar-refractivity contribution >= 4 is 34.0 Å². The summed E-state index contributed by atoms with van der Waals surface area (Å²) in [6.07, 6.45) is 0.0279. The molecule has 0 radical (unpaired) electrons. The molecule has 0 aliphatic rings. The molecule has 2 aromatic carbocycles. The Morgan fingerprint density at radius 3 is 2.45 bits per heavy atom. The van der Waals surface area contributed by atoms with Gasteiger partial charge in [-0.15, -0.1) is 11.3 Å². The Kier molecular flexibility index (Phi) is 6.40. The van der Waals surface area contributed by atoms with E-state index in [1.807, 2.05) is 0 Å². The highest BCUT2D eigenvalue weighted by Gasteiger charge is 2.14. The average molecular weight is 415 g/mol. The zero-order chi connectivity index (χ0) is 20.8. The van der Waals surface area contributed by atoms with E-state index in [0.29, 0.717) is 33.6 Å². The third kappa shape index (κ3) is 5.29. The van der Waals surface area contributed by atoms with Gasteiger partial charge in [-0.1, -0.05) is 0 Å². The van der Waals surface area contributed by atoms with Crippen LogP contribution in [0, 0.1) is 5.82 Å². The first-order valence-corrected chi connectivity index (χ1v) is 9.39. The number of carbonyl (C=O) groups is 2. The van der Waals surface area contributed by atoms with Gasteiger partial charge in [0, 0.05) is 16.6 Å². The van der Waals surface area contributed by atoms with E-state index >= 15 is 0 Å². The van der Waals surface area contributed by atoms with E-state index in [1.54, 1.807) is 23.6 Å². The zero-order valence-corrected chi connectivity index (χ0v) is 16.5. The van der Waals surface area contributed by atoms with E-state index in [-0.39, 0.29) is 24.1 Å². The van der Waals surface area contributed by atoms with Gasteiger partial charge in [-0.25, -0.2) is 9.37 Å². The molecule has 0 saturated carbocycles. The number of anilines is 2. The Bertz CT molecular complexity index is 1020. The number of hydrogen-bond donors (Lipinski definition) is 2. The molecule has 0 spiro atoms. The van der Waals surface area contributed by atoms with Crippen molar-refractivity contribution in [2.24, 2.45) is 0 Å². The number of thiazole rings is 1. The van der Waals surface area contributed by atoms with Crippen LogP contribution in [0.4, 0.5) is 15.2 Å². The van der Waals surface area contributed by atoms with Crippen molar-refractivity contribution in [1.29, 1.82) is 0 Å². The number of carbonyl (C=O) groups excluding carboxylic acids is 2. The number of rotatable bonds is 7. The Labute approximate surface area is 170 Å². The van der Waals surface area contributed by atoms with Gasteiger partial charge in [0.15, 0.2) is 16.6 Å². The first-order chi connectivity index (χ1) is 14.0. The van der Waals surface area contributed by atoms with Crippen molar-refractivity contribution in [3.05, 3.63) is 64.9 Å². The SMILES string of the molecule is COc1ccc(C(=O)Nc2nc(CC(=O)Nc3ccc(F)cc3)cs2)cc1OC. The molecule has 0 bridgehead atoms. The summed E-state index contributed by atoms with van der Waals surface area (Å²) in [4.78, 5) is 28.8. The largest absolute Gasteiger partial charge is 0.493 e. The van der Waals surface area contributed by atoms with Crippen LogP contribution in [-0.2, 0) is 11.2 Å². The van der Waals surface area contributed by atoms with E-state index in [1.165, 1.54) is 49.8 Å². The van der Waals surface area contributed by atoms with Gasteiger partial charge in [-0.2, -0.15) is 0 Å². The van der Waals surface area contributed by atoms with Crippen molar-refractivity contribution in [3.63, 3.8) is 0 Å². The summed E-state index contributed by atoms with van der Waals surface area (Å²) < 4.78 is 23.3. The monoisotopic (exact) mass is 415 g/mol. The van der Waals surface area contributed by atoms with Gasteiger partial charge in [0.05, 0.1) is 26.3 Å². The number of methoxy groups -OCH3 is 2. The number of aromatic nitrogens is 1.